The van der Waals surface area contributed by atoms with Gasteiger partial charge in [0.05, 0.1) is 0 Å². The highest BCUT2D eigenvalue weighted by atomic mass is 33.1. The van der Waals surface area contributed by atoms with E-state index in [1.807, 2.05) is 62.4 Å². The van der Waals surface area contributed by atoms with Crippen molar-refractivity contribution in [2.75, 3.05) is 0 Å². The average Bonchev–Trinajstić information content (AvgIpc) is 2.80. The maximum absolute atomic E-state index is 9.45. The van der Waals surface area contributed by atoms with Crippen LogP contribution in [0.1, 0.15) is 11.1 Å². The number of hydrogen-bond acceptors (Lipinski definition) is 7. The fourth-order valence-corrected chi connectivity index (χ4v) is 5.57. The zero-order chi connectivity index (χ0) is 23.8. The molecule has 7 heteroatoms. The summed E-state index contributed by atoms with van der Waals surface area (Å²) in [7, 11) is 3.22. The lowest BCUT2D eigenvalue weighted by molar-refractivity contribution is 0.470. The summed E-state index contributed by atoms with van der Waals surface area (Å²) < 4.78 is 0. The second kappa shape index (κ2) is 11.8. The van der Waals surface area contributed by atoms with Crippen LogP contribution in [0.15, 0.2) is 105 Å². The maximum Gasteiger partial charge on any atom is 0.118 e. The second-order valence-electron chi connectivity index (χ2n) is 7.15. The summed E-state index contributed by atoms with van der Waals surface area (Å²) >= 11 is 1.61. The Balaban J connectivity index is 0.000000186. The van der Waals surface area contributed by atoms with Crippen molar-refractivity contribution in [3.63, 3.8) is 0 Å². The average molecular weight is 497 g/mol. The molecular weight excluding hydrogens is 472 g/mol. The van der Waals surface area contributed by atoms with E-state index in [1.54, 1.807) is 69.7 Å². The summed E-state index contributed by atoms with van der Waals surface area (Å²) in [4.78, 5) is 4.31. The van der Waals surface area contributed by atoms with E-state index in [9.17, 15) is 10.2 Å². The van der Waals surface area contributed by atoms with Crippen LogP contribution in [0.5, 0.6) is 23.0 Å². The topological polar surface area (TPSA) is 80.9 Å². The first kappa shape index (κ1) is 24.8. The summed E-state index contributed by atoms with van der Waals surface area (Å²) in [6.07, 6.45) is 0. The molecule has 4 aromatic carbocycles. The highest BCUT2D eigenvalue weighted by Crippen LogP contribution is 2.38. The SMILES string of the molecule is Cc1cc(Sc2ccc(O)c(C)c2)ccc1O.Oc1ccc(SSc2ccc(O)cc2)cc1. The van der Waals surface area contributed by atoms with Gasteiger partial charge >= 0.3 is 0 Å². The molecule has 0 unspecified atom stereocenters. The smallest absolute Gasteiger partial charge is 0.118 e. The van der Waals surface area contributed by atoms with E-state index in [4.69, 9.17) is 10.2 Å². The largest absolute Gasteiger partial charge is 0.508 e. The molecule has 0 aromatic heterocycles. The molecule has 0 fully saturated rings. The molecule has 0 aliphatic carbocycles. The minimum absolute atomic E-state index is 0.277. The first-order valence-electron chi connectivity index (χ1n) is 10.00. The molecule has 0 aliphatic rings. The monoisotopic (exact) mass is 496 g/mol. The molecule has 0 radical (unpaired) electrons. The minimum atomic E-state index is 0.277. The van der Waals surface area contributed by atoms with Crippen LogP contribution in [-0.2, 0) is 0 Å². The maximum atomic E-state index is 9.45. The molecule has 0 amide bonds. The number of phenols is 4. The fourth-order valence-electron chi connectivity index (χ4n) is 2.62. The van der Waals surface area contributed by atoms with Crippen LogP contribution in [0.3, 0.4) is 0 Å². The van der Waals surface area contributed by atoms with Gasteiger partial charge in [-0.05, 0) is 110 Å². The molecule has 33 heavy (non-hydrogen) atoms. The molecule has 0 spiro atoms. The number of hydrogen-bond donors (Lipinski definition) is 4. The van der Waals surface area contributed by atoms with Gasteiger partial charge < -0.3 is 20.4 Å². The first-order chi connectivity index (χ1) is 15.8. The summed E-state index contributed by atoms with van der Waals surface area (Å²) in [5.74, 6) is 1.19. The zero-order valence-electron chi connectivity index (χ0n) is 18.1. The Morgan fingerprint density at radius 1 is 0.455 bits per heavy atom. The van der Waals surface area contributed by atoms with E-state index in [-0.39, 0.29) is 11.5 Å². The van der Waals surface area contributed by atoms with Gasteiger partial charge in [-0.2, -0.15) is 0 Å². The molecule has 4 rings (SSSR count). The van der Waals surface area contributed by atoms with Gasteiger partial charge in [0, 0.05) is 19.6 Å². The normalized spacial score (nSPS) is 10.4. The Morgan fingerprint density at radius 3 is 1.12 bits per heavy atom. The molecule has 0 aliphatic heterocycles. The van der Waals surface area contributed by atoms with E-state index in [1.165, 1.54) is 0 Å². The molecular formula is C26H24O4S3. The fraction of sp³-hybridized carbons (Fsp3) is 0.0769. The molecule has 4 aromatic rings. The van der Waals surface area contributed by atoms with Crippen molar-refractivity contribution in [2.45, 2.75) is 33.4 Å². The van der Waals surface area contributed by atoms with Gasteiger partial charge in [-0.25, -0.2) is 0 Å². The van der Waals surface area contributed by atoms with Gasteiger partial charge in [0.1, 0.15) is 23.0 Å². The van der Waals surface area contributed by atoms with Crippen molar-refractivity contribution in [1.82, 2.24) is 0 Å². The van der Waals surface area contributed by atoms with Crippen molar-refractivity contribution in [1.29, 1.82) is 0 Å². The molecule has 170 valence electrons. The Kier molecular flexibility index (Phi) is 8.88. The Morgan fingerprint density at radius 2 is 0.788 bits per heavy atom. The Labute approximate surface area is 205 Å². The molecule has 4 nitrogen and oxygen atoms in total. The van der Waals surface area contributed by atoms with Crippen LogP contribution in [0, 0.1) is 13.8 Å². The van der Waals surface area contributed by atoms with Gasteiger partial charge in [-0.3, -0.25) is 0 Å². The van der Waals surface area contributed by atoms with Crippen LogP contribution in [-0.4, -0.2) is 20.4 Å². The third-order valence-corrected chi connectivity index (χ3v) is 7.88. The molecule has 4 N–H and O–H groups in total. The van der Waals surface area contributed by atoms with Crippen molar-refractivity contribution in [2.24, 2.45) is 0 Å². The standard InChI is InChI=1S/C14H14O2S.C12H10O2S2/c1-9-7-11(3-5-13(9)15)17-12-4-6-14(16)10(2)8-12;13-9-1-5-11(6-2-9)15-16-12-7-3-10(14)4-8-12/h3-8,15-16H,1-2H3;1-8,13-14H. The van der Waals surface area contributed by atoms with Crippen molar-refractivity contribution in [3.05, 3.63) is 96.1 Å². The summed E-state index contributed by atoms with van der Waals surface area (Å²) in [5.41, 5.74) is 1.73. The van der Waals surface area contributed by atoms with Crippen LogP contribution in [0.25, 0.3) is 0 Å². The van der Waals surface area contributed by atoms with Gasteiger partial charge in [0.15, 0.2) is 0 Å². The third kappa shape index (κ3) is 7.89. The van der Waals surface area contributed by atoms with E-state index < -0.39 is 0 Å². The van der Waals surface area contributed by atoms with Crippen LogP contribution >= 0.6 is 33.3 Å². The predicted octanol–water partition coefficient (Wildman–Crippen LogP) is 7.76. The number of benzene rings is 4. The Bertz CT molecular complexity index is 1100. The molecule has 0 atom stereocenters. The molecule has 0 bridgehead atoms. The van der Waals surface area contributed by atoms with Gasteiger partial charge in [0.2, 0.25) is 0 Å². The molecule has 0 saturated heterocycles. The second-order valence-corrected chi connectivity index (χ2v) is 10.6. The number of aryl methyl sites for hydroxylation is 2. The zero-order valence-corrected chi connectivity index (χ0v) is 20.5. The highest BCUT2D eigenvalue weighted by molar-refractivity contribution is 8.76. The summed E-state index contributed by atoms with van der Waals surface area (Å²) in [6, 6.07) is 25.2. The van der Waals surface area contributed by atoms with Gasteiger partial charge in [0.25, 0.3) is 0 Å². The highest BCUT2D eigenvalue weighted by Gasteiger charge is 2.03. The van der Waals surface area contributed by atoms with Crippen LogP contribution in [0.2, 0.25) is 0 Å². The number of rotatable bonds is 5. The first-order valence-corrected chi connectivity index (χ1v) is 13.0. The van der Waals surface area contributed by atoms with Crippen LogP contribution in [0.4, 0.5) is 0 Å². The minimum Gasteiger partial charge on any atom is -0.508 e. The lowest BCUT2D eigenvalue weighted by Crippen LogP contribution is -1.79. The van der Waals surface area contributed by atoms with E-state index in [0.29, 0.717) is 11.5 Å². The lowest BCUT2D eigenvalue weighted by atomic mass is 10.2. The predicted molar refractivity (Wildman–Crippen MR) is 138 cm³/mol. The van der Waals surface area contributed by atoms with Crippen LogP contribution < -0.4 is 0 Å². The molecule has 0 saturated carbocycles. The number of aromatic hydroxyl groups is 4. The van der Waals surface area contributed by atoms with Gasteiger partial charge in [-0.1, -0.05) is 33.3 Å². The van der Waals surface area contributed by atoms with Gasteiger partial charge in [-0.15, -0.1) is 0 Å². The van der Waals surface area contributed by atoms with E-state index in [2.05, 4.69) is 0 Å². The lowest BCUT2D eigenvalue weighted by Gasteiger charge is -2.06. The van der Waals surface area contributed by atoms with Crippen molar-refractivity contribution in [3.8, 4) is 23.0 Å². The quantitative estimate of drug-likeness (QED) is 0.210. The summed E-state index contributed by atoms with van der Waals surface area (Å²) in [6.45, 7) is 3.75. The number of phenolic OH excluding ortho intramolecular Hbond substituents is 4. The van der Waals surface area contributed by atoms with E-state index in [0.717, 1.165) is 30.7 Å². The Hall–Kier alpha value is -2.87. The van der Waals surface area contributed by atoms with Crippen molar-refractivity contribution >= 4 is 33.3 Å². The summed E-state index contributed by atoms with van der Waals surface area (Å²) in [5, 5.41) is 37.2. The molecule has 0 heterocycles. The third-order valence-electron chi connectivity index (χ3n) is 4.48. The van der Waals surface area contributed by atoms with E-state index >= 15 is 0 Å². The van der Waals surface area contributed by atoms with Crippen molar-refractivity contribution < 1.29 is 20.4 Å².